The fourth-order valence-corrected chi connectivity index (χ4v) is 1.86. The third kappa shape index (κ3) is 1.07. The highest BCUT2D eigenvalue weighted by Gasteiger charge is 2.28. The molecule has 0 N–H and O–H groups in total. The van der Waals surface area contributed by atoms with Crippen molar-refractivity contribution in [2.24, 2.45) is 15.2 Å². The van der Waals surface area contributed by atoms with E-state index < -0.39 is 0 Å². The third-order valence-electron chi connectivity index (χ3n) is 2.38. The van der Waals surface area contributed by atoms with Crippen LogP contribution in [-0.4, -0.2) is 5.71 Å². The second-order valence-corrected chi connectivity index (χ2v) is 3.40. The second-order valence-electron chi connectivity index (χ2n) is 3.40. The summed E-state index contributed by atoms with van der Waals surface area (Å²) in [7, 11) is 0. The Morgan fingerprint density at radius 1 is 0.769 bits per heavy atom. The van der Waals surface area contributed by atoms with E-state index in [4.69, 9.17) is 0 Å². The Balaban J connectivity index is 2.63. The van der Waals surface area contributed by atoms with E-state index in [1.54, 1.807) is 0 Å². The first kappa shape index (κ1) is 8.35. The molecule has 13 heavy (non-hydrogen) atoms. The maximum Gasteiger partial charge on any atom is 0.137 e. The van der Waals surface area contributed by atoms with E-state index in [1.807, 2.05) is 27.7 Å². The van der Waals surface area contributed by atoms with Crippen LogP contribution in [0.3, 0.4) is 0 Å². The smallest absolute Gasteiger partial charge is 0.137 e. The lowest BCUT2D eigenvalue weighted by molar-refractivity contribution is 0.905. The number of azo groups is 1. The van der Waals surface area contributed by atoms with Gasteiger partial charge in [0, 0.05) is 22.6 Å². The number of nitrogens with zero attached hydrogens (tertiary/aromatic N) is 3. The summed E-state index contributed by atoms with van der Waals surface area (Å²) in [6.45, 7) is 7.98. The molecule has 0 saturated heterocycles. The fraction of sp³-hybridized carbons (Fsp3) is 0.400. The molecule has 0 aromatic rings. The summed E-state index contributed by atoms with van der Waals surface area (Å²) in [4.78, 5) is 4.43. The van der Waals surface area contributed by atoms with Gasteiger partial charge in [0.25, 0.3) is 0 Å². The van der Waals surface area contributed by atoms with Crippen LogP contribution in [0.2, 0.25) is 0 Å². The summed E-state index contributed by atoms with van der Waals surface area (Å²) in [6, 6.07) is 0.971. The number of rotatable bonds is 0. The molecule has 0 atom stereocenters. The molecule has 2 rings (SSSR count). The van der Waals surface area contributed by atoms with Gasteiger partial charge in [-0.25, -0.2) is 0 Å². The molecule has 0 fully saturated rings. The van der Waals surface area contributed by atoms with Crippen molar-refractivity contribution in [3.05, 3.63) is 28.6 Å². The summed E-state index contributed by atoms with van der Waals surface area (Å²) in [5.74, 6) is 0. The van der Waals surface area contributed by atoms with E-state index in [1.165, 1.54) is 11.1 Å². The van der Waals surface area contributed by atoms with Gasteiger partial charge in [0.2, 0.25) is 0 Å². The molecule has 2 heterocycles. The van der Waals surface area contributed by atoms with Crippen LogP contribution in [-0.2, 0) is 0 Å². The van der Waals surface area contributed by atoms with E-state index in [-0.39, 0.29) is 0 Å². The fourth-order valence-electron chi connectivity index (χ4n) is 1.86. The number of aliphatic imine (C=N–C) groups is 1. The lowest BCUT2D eigenvalue weighted by Gasteiger charge is -2.15. The van der Waals surface area contributed by atoms with Crippen molar-refractivity contribution < 1.29 is 0 Å². The van der Waals surface area contributed by atoms with Crippen molar-refractivity contribution in [2.75, 3.05) is 0 Å². The van der Waals surface area contributed by atoms with Gasteiger partial charge >= 0.3 is 0 Å². The molecule has 3 heteroatoms. The summed E-state index contributed by atoms with van der Waals surface area (Å²) >= 11 is 0. The molecule has 0 saturated carbocycles. The minimum atomic E-state index is 0.971. The zero-order valence-corrected chi connectivity index (χ0v) is 8.34. The molecule has 0 unspecified atom stereocenters. The Bertz CT molecular complexity index is 383. The highest BCUT2D eigenvalue weighted by atomic mass is 15.1. The van der Waals surface area contributed by atoms with E-state index >= 15 is 0 Å². The van der Waals surface area contributed by atoms with Gasteiger partial charge in [-0.1, -0.05) is 0 Å². The number of allylic oxidation sites excluding steroid dienone is 2. The van der Waals surface area contributed by atoms with Crippen LogP contribution in [0, 0.1) is 6.04 Å². The first-order valence-corrected chi connectivity index (χ1v) is 4.34. The van der Waals surface area contributed by atoms with Gasteiger partial charge in [0.05, 0.1) is 5.70 Å². The van der Waals surface area contributed by atoms with Gasteiger partial charge in [-0.05, 0) is 27.7 Å². The average molecular weight is 174 g/mol. The minimum absolute atomic E-state index is 0.971. The Hall–Kier alpha value is -1.25. The molecule has 0 aromatic carbocycles. The molecule has 0 spiro atoms. The van der Waals surface area contributed by atoms with Gasteiger partial charge in [0.15, 0.2) is 0 Å². The van der Waals surface area contributed by atoms with Crippen molar-refractivity contribution in [3.8, 4) is 0 Å². The van der Waals surface area contributed by atoms with Crippen molar-refractivity contribution >= 4 is 5.71 Å². The zero-order valence-electron chi connectivity index (χ0n) is 8.34. The largest absolute Gasteiger partial charge is 0.257 e. The van der Waals surface area contributed by atoms with Crippen LogP contribution in [0.15, 0.2) is 37.8 Å². The van der Waals surface area contributed by atoms with Gasteiger partial charge in [0.1, 0.15) is 6.04 Å². The van der Waals surface area contributed by atoms with Gasteiger partial charge in [-0.15, -0.1) is 0 Å². The molecule has 2 aliphatic rings. The van der Waals surface area contributed by atoms with Crippen molar-refractivity contribution in [1.29, 1.82) is 0 Å². The zero-order chi connectivity index (χ0) is 9.59. The van der Waals surface area contributed by atoms with Crippen LogP contribution in [0.5, 0.6) is 0 Å². The standard InChI is InChI=1S/C10H12N3/c1-5-9-7(3)12-13-8(4)10(9)6(2)11-5/h1-4H3. The number of fused-ring (bicyclic) bond motifs is 1. The summed E-state index contributed by atoms with van der Waals surface area (Å²) < 4.78 is 0. The first-order chi connectivity index (χ1) is 6.11. The third-order valence-corrected chi connectivity index (χ3v) is 2.38. The van der Waals surface area contributed by atoms with E-state index in [9.17, 15) is 0 Å². The van der Waals surface area contributed by atoms with Crippen molar-refractivity contribution in [1.82, 2.24) is 0 Å². The number of hydrogen-bond acceptors (Lipinski definition) is 3. The quantitative estimate of drug-likeness (QED) is 0.541. The number of hydrogen-bond donors (Lipinski definition) is 0. The van der Waals surface area contributed by atoms with Gasteiger partial charge in [-0.2, -0.15) is 10.2 Å². The molecular weight excluding hydrogens is 162 g/mol. The predicted octanol–water partition coefficient (Wildman–Crippen LogP) is 3.03. The second kappa shape index (κ2) is 2.62. The SMILES string of the molecule is C[C]1N=NC(C)=C2C(C)=NC(C)=C12. The Kier molecular flexibility index (Phi) is 1.68. The molecule has 2 aliphatic heterocycles. The highest BCUT2D eigenvalue weighted by molar-refractivity contribution is 6.07. The average Bonchev–Trinajstić information content (AvgIpc) is 2.36. The molecular formula is C10H12N3. The van der Waals surface area contributed by atoms with Crippen LogP contribution >= 0.6 is 0 Å². The molecule has 0 aliphatic carbocycles. The first-order valence-electron chi connectivity index (χ1n) is 4.34. The van der Waals surface area contributed by atoms with Gasteiger partial charge in [-0.3, -0.25) is 4.99 Å². The maximum atomic E-state index is 4.43. The van der Waals surface area contributed by atoms with E-state index in [0.717, 1.165) is 23.1 Å². The molecule has 0 amide bonds. The molecule has 1 radical (unpaired) electrons. The molecule has 67 valence electrons. The van der Waals surface area contributed by atoms with Gasteiger partial charge < -0.3 is 0 Å². The van der Waals surface area contributed by atoms with Crippen LogP contribution < -0.4 is 0 Å². The van der Waals surface area contributed by atoms with Crippen molar-refractivity contribution in [2.45, 2.75) is 27.7 Å². The summed E-state index contributed by atoms with van der Waals surface area (Å²) in [5, 5.41) is 8.18. The molecule has 3 nitrogen and oxygen atoms in total. The molecule has 0 aromatic heterocycles. The lowest BCUT2D eigenvalue weighted by Crippen LogP contribution is -2.06. The normalized spacial score (nSPS) is 22.6. The van der Waals surface area contributed by atoms with E-state index in [0.29, 0.717) is 0 Å². The maximum absolute atomic E-state index is 4.43. The van der Waals surface area contributed by atoms with Crippen LogP contribution in [0.4, 0.5) is 0 Å². The Labute approximate surface area is 78.0 Å². The summed E-state index contributed by atoms with van der Waals surface area (Å²) in [6.07, 6.45) is 0. The van der Waals surface area contributed by atoms with Crippen LogP contribution in [0.25, 0.3) is 0 Å². The van der Waals surface area contributed by atoms with Crippen molar-refractivity contribution in [3.63, 3.8) is 0 Å². The Morgan fingerprint density at radius 3 is 2.08 bits per heavy atom. The molecule has 0 bridgehead atoms. The minimum Gasteiger partial charge on any atom is -0.257 e. The van der Waals surface area contributed by atoms with Crippen LogP contribution in [0.1, 0.15) is 27.7 Å². The highest BCUT2D eigenvalue weighted by Crippen LogP contribution is 2.38. The Morgan fingerprint density at radius 2 is 1.46 bits per heavy atom. The van der Waals surface area contributed by atoms with E-state index in [2.05, 4.69) is 15.2 Å². The lowest BCUT2D eigenvalue weighted by atomic mass is 9.95. The predicted molar refractivity (Wildman–Crippen MR) is 52.3 cm³/mol. The monoisotopic (exact) mass is 174 g/mol. The summed E-state index contributed by atoms with van der Waals surface area (Å²) in [5.41, 5.74) is 5.43. The topological polar surface area (TPSA) is 37.1 Å².